The van der Waals surface area contributed by atoms with E-state index in [-0.39, 0.29) is 6.03 Å². The molecule has 182 valence electrons. The van der Waals surface area contributed by atoms with Gasteiger partial charge in [-0.2, -0.15) is 4.98 Å². The van der Waals surface area contributed by atoms with E-state index in [2.05, 4.69) is 10.5 Å². The van der Waals surface area contributed by atoms with Crippen molar-refractivity contribution in [3.8, 4) is 17.1 Å². The number of nitrogens with one attached hydrogen (secondary N) is 1. The smallest absolute Gasteiger partial charge is 0.326 e. The second-order valence-electron chi connectivity index (χ2n) is 8.21. The number of anilines is 1. The number of benzene rings is 3. The number of aromatic nitrogens is 2. The molecule has 0 radical (unpaired) electrons. The number of hydrogen-bond acceptors (Lipinski definition) is 6. The van der Waals surface area contributed by atoms with Gasteiger partial charge in [0, 0.05) is 16.2 Å². The van der Waals surface area contributed by atoms with Crippen LogP contribution in [0.2, 0.25) is 0 Å². The number of amides is 2. The predicted octanol–water partition coefficient (Wildman–Crippen LogP) is 6.56. The van der Waals surface area contributed by atoms with Gasteiger partial charge in [-0.3, -0.25) is 4.90 Å². The van der Waals surface area contributed by atoms with Crippen LogP contribution >= 0.6 is 11.8 Å². The summed E-state index contributed by atoms with van der Waals surface area (Å²) in [5, 5.41) is 7.38. The summed E-state index contributed by atoms with van der Waals surface area (Å²) >= 11 is 1.65. The third kappa shape index (κ3) is 4.59. The zero-order valence-electron chi connectivity index (χ0n) is 20.3. The lowest BCUT2D eigenvalue weighted by Crippen LogP contribution is -2.46. The monoisotopic (exact) mass is 498 g/mol. The second-order valence-corrected chi connectivity index (χ2v) is 9.09. The maximum atomic E-state index is 13.3. The molecule has 1 aliphatic rings. The van der Waals surface area contributed by atoms with Crippen molar-refractivity contribution in [1.82, 2.24) is 15.5 Å². The number of nitrogens with zero attached hydrogens (tertiary/aromatic N) is 3. The van der Waals surface area contributed by atoms with Crippen LogP contribution < -0.4 is 15.0 Å². The van der Waals surface area contributed by atoms with Crippen LogP contribution in [0.4, 0.5) is 10.5 Å². The van der Waals surface area contributed by atoms with Crippen molar-refractivity contribution < 1.29 is 14.1 Å². The van der Waals surface area contributed by atoms with Gasteiger partial charge in [0.25, 0.3) is 5.89 Å². The largest absolute Gasteiger partial charge is 0.494 e. The molecule has 0 fully saturated rings. The summed E-state index contributed by atoms with van der Waals surface area (Å²) < 4.78 is 11.3. The number of carbonyl (C=O) groups excluding carboxylic acids is 1. The number of rotatable bonds is 7. The SMILES string of the molecule is CCOc1ccc(-c2noc(C3=C(C)N(c4ccc(SC)cc4)C(=O)NC3c3ccccc3)n2)cc1. The van der Waals surface area contributed by atoms with Crippen LogP contribution in [0.5, 0.6) is 5.75 Å². The van der Waals surface area contributed by atoms with Gasteiger partial charge in [0.15, 0.2) is 0 Å². The number of carbonyl (C=O) groups is 1. The lowest BCUT2D eigenvalue weighted by Gasteiger charge is -2.35. The molecule has 8 heteroatoms. The molecule has 0 spiro atoms. The first-order chi connectivity index (χ1) is 17.6. The van der Waals surface area contributed by atoms with Gasteiger partial charge >= 0.3 is 6.03 Å². The highest BCUT2D eigenvalue weighted by atomic mass is 32.2. The maximum Gasteiger partial charge on any atom is 0.326 e. The molecule has 1 aliphatic heterocycles. The lowest BCUT2D eigenvalue weighted by atomic mass is 9.94. The van der Waals surface area contributed by atoms with Crippen LogP contribution in [0.25, 0.3) is 17.0 Å². The molecule has 2 amide bonds. The first-order valence-electron chi connectivity index (χ1n) is 11.7. The summed E-state index contributed by atoms with van der Waals surface area (Å²) in [6, 6.07) is 24.6. The topological polar surface area (TPSA) is 80.5 Å². The molecule has 3 aromatic carbocycles. The average Bonchev–Trinajstić information content (AvgIpc) is 3.39. The van der Waals surface area contributed by atoms with E-state index in [9.17, 15) is 4.79 Å². The van der Waals surface area contributed by atoms with Crippen molar-refractivity contribution in [1.29, 1.82) is 0 Å². The highest BCUT2D eigenvalue weighted by Gasteiger charge is 2.36. The summed E-state index contributed by atoms with van der Waals surface area (Å²) in [5.41, 5.74) is 3.98. The van der Waals surface area contributed by atoms with E-state index in [1.54, 1.807) is 16.7 Å². The zero-order valence-corrected chi connectivity index (χ0v) is 21.1. The van der Waals surface area contributed by atoms with Gasteiger partial charge in [0.1, 0.15) is 5.75 Å². The Morgan fingerprint density at radius 3 is 2.42 bits per heavy atom. The van der Waals surface area contributed by atoms with Gasteiger partial charge in [-0.05, 0) is 74.2 Å². The minimum atomic E-state index is -0.436. The third-order valence-corrected chi connectivity index (χ3v) is 6.77. The summed E-state index contributed by atoms with van der Waals surface area (Å²) in [6.45, 7) is 4.46. The standard InChI is InChI=1S/C28H26N4O3S/c1-4-34-22-14-10-20(11-15-22)26-30-27(35-31-26)24-18(2)32(21-12-16-23(36-3)17-13-21)28(33)29-25(24)19-8-6-5-7-9-19/h5-17,25H,4H2,1-3H3,(H,29,33). The van der Waals surface area contributed by atoms with E-state index >= 15 is 0 Å². The molecular formula is C28H26N4O3S. The predicted molar refractivity (Wildman–Crippen MR) is 142 cm³/mol. The fourth-order valence-electron chi connectivity index (χ4n) is 4.27. The number of hydrogen-bond donors (Lipinski definition) is 1. The Morgan fingerprint density at radius 1 is 1.03 bits per heavy atom. The van der Waals surface area contributed by atoms with Gasteiger partial charge in [-0.25, -0.2) is 4.79 Å². The Labute approximate surface area is 214 Å². The van der Waals surface area contributed by atoms with Crippen LogP contribution in [-0.4, -0.2) is 29.0 Å². The van der Waals surface area contributed by atoms with Crippen molar-refractivity contribution in [2.24, 2.45) is 0 Å². The fourth-order valence-corrected chi connectivity index (χ4v) is 4.68. The summed E-state index contributed by atoms with van der Waals surface area (Å²) in [4.78, 5) is 20.8. The summed E-state index contributed by atoms with van der Waals surface area (Å²) in [6.07, 6.45) is 2.02. The van der Waals surface area contributed by atoms with Gasteiger partial charge in [-0.1, -0.05) is 35.5 Å². The van der Waals surface area contributed by atoms with Crippen LogP contribution in [0.1, 0.15) is 31.3 Å². The van der Waals surface area contributed by atoms with Crippen molar-refractivity contribution >= 4 is 29.1 Å². The van der Waals surface area contributed by atoms with E-state index in [1.165, 1.54) is 0 Å². The van der Waals surface area contributed by atoms with E-state index in [4.69, 9.17) is 14.2 Å². The minimum Gasteiger partial charge on any atom is -0.494 e. The molecule has 1 unspecified atom stereocenters. The Hall–Kier alpha value is -4.04. The second kappa shape index (κ2) is 10.3. The quantitative estimate of drug-likeness (QED) is 0.291. The van der Waals surface area contributed by atoms with Crippen molar-refractivity contribution in [3.63, 3.8) is 0 Å². The molecule has 0 aliphatic carbocycles. The number of thioether (sulfide) groups is 1. The van der Waals surface area contributed by atoms with Crippen LogP contribution in [0.15, 0.2) is 94.0 Å². The molecule has 7 nitrogen and oxygen atoms in total. The fraction of sp³-hybridized carbons (Fsp3) is 0.179. The van der Waals surface area contributed by atoms with E-state index < -0.39 is 6.04 Å². The Kier molecular flexibility index (Phi) is 6.77. The highest BCUT2D eigenvalue weighted by Crippen LogP contribution is 2.39. The van der Waals surface area contributed by atoms with Crippen molar-refractivity contribution in [2.75, 3.05) is 17.8 Å². The van der Waals surface area contributed by atoms with Gasteiger partial charge in [0.2, 0.25) is 5.82 Å². The molecule has 1 aromatic heterocycles. The van der Waals surface area contributed by atoms with Gasteiger partial charge in [0.05, 0.1) is 23.9 Å². The molecule has 1 atom stereocenters. The van der Waals surface area contributed by atoms with Gasteiger partial charge < -0.3 is 14.6 Å². The molecule has 2 heterocycles. The number of allylic oxidation sites excluding steroid dienone is 1. The highest BCUT2D eigenvalue weighted by molar-refractivity contribution is 7.98. The summed E-state index contributed by atoms with van der Waals surface area (Å²) in [5.74, 6) is 1.61. The number of urea groups is 1. The molecule has 0 saturated carbocycles. The molecule has 0 saturated heterocycles. The maximum absolute atomic E-state index is 13.3. The molecule has 0 bridgehead atoms. The van der Waals surface area contributed by atoms with E-state index in [0.717, 1.165) is 38.7 Å². The Bertz CT molecular complexity index is 1380. The van der Waals surface area contributed by atoms with Crippen LogP contribution in [-0.2, 0) is 0 Å². The molecule has 36 heavy (non-hydrogen) atoms. The minimum absolute atomic E-state index is 0.215. The molecule has 4 aromatic rings. The zero-order chi connectivity index (χ0) is 25.1. The Morgan fingerprint density at radius 2 is 1.75 bits per heavy atom. The third-order valence-electron chi connectivity index (χ3n) is 6.03. The average molecular weight is 499 g/mol. The number of ether oxygens (including phenoxy) is 1. The van der Waals surface area contributed by atoms with Crippen LogP contribution in [0, 0.1) is 0 Å². The summed E-state index contributed by atoms with van der Waals surface area (Å²) in [7, 11) is 0. The van der Waals surface area contributed by atoms with E-state index in [1.807, 2.05) is 99.0 Å². The van der Waals surface area contributed by atoms with Crippen molar-refractivity contribution in [2.45, 2.75) is 24.8 Å². The van der Waals surface area contributed by atoms with Gasteiger partial charge in [-0.15, -0.1) is 11.8 Å². The molecule has 1 N–H and O–H groups in total. The normalized spacial score (nSPS) is 15.7. The van der Waals surface area contributed by atoms with Crippen LogP contribution in [0.3, 0.4) is 0 Å². The molecule has 5 rings (SSSR count). The lowest BCUT2D eigenvalue weighted by molar-refractivity contribution is 0.244. The van der Waals surface area contributed by atoms with E-state index in [0.29, 0.717) is 18.3 Å². The first-order valence-corrected chi connectivity index (χ1v) is 12.9. The Balaban J connectivity index is 1.58. The molecular weight excluding hydrogens is 472 g/mol. The van der Waals surface area contributed by atoms with Crippen molar-refractivity contribution in [3.05, 3.63) is 96.0 Å². The first kappa shape index (κ1) is 23.7.